The van der Waals surface area contributed by atoms with E-state index in [1.54, 1.807) is 6.07 Å². The SMILES string of the molecule is CC1(C)CN(c2cnc(C(=O)O)cn2)CC(c2cccc(C(F)(F)F)c2)O1. The van der Waals surface area contributed by atoms with Crippen LogP contribution in [0.15, 0.2) is 36.7 Å². The number of rotatable bonds is 3. The van der Waals surface area contributed by atoms with E-state index in [4.69, 9.17) is 9.84 Å². The number of nitrogens with zero attached hydrogens (tertiary/aromatic N) is 3. The third kappa shape index (κ3) is 4.36. The third-order valence-electron chi connectivity index (χ3n) is 4.19. The highest BCUT2D eigenvalue weighted by molar-refractivity contribution is 5.84. The maximum absolute atomic E-state index is 13.0. The van der Waals surface area contributed by atoms with E-state index in [-0.39, 0.29) is 12.2 Å². The Bertz CT molecular complexity index is 838. The van der Waals surface area contributed by atoms with Gasteiger partial charge in [0, 0.05) is 13.1 Å². The highest BCUT2D eigenvalue weighted by Gasteiger charge is 2.36. The van der Waals surface area contributed by atoms with Gasteiger partial charge in [-0.3, -0.25) is 0 Å². The van der Waals surface area contributed by atoms with Gasteiger partial charge in [-0.1, -0.05) is 12.1 Å². The maximum atomic E-state index is 13.0. The molecule has 1 atom stereocenters. The number of carboxylic acid groups (broad SMARTS) is 1. The minimum absolute atomic E-state index is 0.180. The van der Waals surface area contributed by atoms with Crippen molar-refractivity contribution in [2.24, 2.45) is 0 Å². The summed E-state index contributed by atoms with van der Waals surface area (Å²) in [4.78, 5) is 20.7. The second kappa shape index (κ2) is 6.80. The number of ether oxygens (including phenoxy) is 1. The highest BCUT2D eigenvalue weighted by atomic mass is 19.4. The molecule has 1 aliphatic rings. The summed E-state index contributed by atoms with van der Waals surface area (Å²) in [6.07, 6.45) is -2.54. The van der Waals surface area contributed by atoms with Gasteiger partial charge >= 0.3 is 12.1 Å². The van der Waals surface area contributed by atoms with Crippen molar-refractivity contribution < 1.29 is 27.8 Å². The van der Waals surface area contributed by atoms with Crippen LogP contribution in [0.3, 0.4) is 0 Å². The first kappa shape index (κ1) is 19.1. The summed E-state index contributed by atoms with van der Waals surface area (Å²) in [5, 5.41) is 8.92. The van der Waals surface area contributed by atoms with Crippen molar-refractivity contribution in [1.82, 2.24) is 9.97 Å². The first-order valence-electron chi connectivity index (χ1n) is 8.20. The quantitative estimate of drug-likeness (QED) is 0.876. The lowest BCUT2D eigenvalue weighted by Gasteiger charge is -2.43. The largest absolute Gasteiger partial charge is 0.476 e. The molecule has 1 fully saturated rings. The molecule has 1 aliphatic heterocycles. The van der Waals surface area contributed by atoms with Gasteiger partial charge in [-0.2, -0.15) is 13.2 Å². The van der Waals surface area contributed by atoms with Crippen LogP contribution in [0.1, 0.15) is 41.6 Å². The number of halogens is 3. The number of aromatic carboxylic acids is 1. The third-order valence-corrected chi connectivity index (χ3v) is 4.19. The molecule has 0 aliphatic carbocycles. The molecule has 6 nitrogen and oxygen atoms in total. The molecule has 1 N–H and O–H groups in total. The van der Waals surface area contributed by atoms with Crippen LogP contribution in [-0.2, 0) is 10.9 Å². The van der Waals surface area contributed by atoms with Crippen LogP contribution in [0.25, 0.3) is 0 Å². The van der Waals surface area contributed by atoms with E-state index >= 15 is 0 Å². The van der Waals surface area contributed by atoms with E-state index in [2.05, 4.69) is 9.97 Å². The second-order valence-corrected chi connectivity index (χ2v) is 6.93. The molecular weight excluding hydrogens is 363 g/mol. The second-order valence-electron chi connectivity index (χ2n) is 6.93. The summed E-state index contributed by atoms with van der Waals surface area (Å²) in [6, 6.07) is 5.06. The van der Waals surface area contributed by atoms with Crippen molar-refractivity contribution in [3.05, 3.63) is 53.5 Å². The molecule has 2 heterocycles. The minimum Gasteiger partial charge on any atom is -0.476 e. The van der Waals surface area contributed by atoms with Crippen molar-refractivity contribution in [2.75, 3.05) is 18.0 Å². The summed E-state index contributed by atoms with van der Waals surface area (Å²) < 4.78 is 45.0. The lowest BCUT2D eigenvalue weighted by Crippen LogP contribution is -2.50. The van der Waals surface area contributed by atoms with Crippen molar-refractivity contribution in [1.29, 1.82) is 0 Å². The number of alkyl halides is 3. The van der Waals surface area contributed by atoms with Crippen molar-refractivity contribution in [3.63, 3.8) is 0 Å². The number of hydrogen-bond acceptors (Lipinski definition) is 5. The van der Waals surface area contributed by atoms with Gasteiger partial charge < -0.3 is 14.7 Å². The number of morpholine rings is 1. The number of benzene rings is 1. The molecule has 2 aromatic rings. The Labute approximate surface area is 153 Å². The summed E-state index contributed by atoms with van der Waals surface area (Å²) >= 11 is 0. The number of carbonyl (C=O) groups is 1. The summed E-state index contributed by atoms with van der Waals surface area (Å²) in [5.41, 5.74) is -1.15. The number of hydrogen-bond donors (Lipinski definition) is 1. The highest BCUT2D eigenvalue weighted by Crippen LogP contribution is 2.35. The predicted octanol–water partition coefficient (Wildman–Crippen LogP) is 3.55. The molecular formula is C18H18F3N3O3. The molecule has 9 heteroatoms. The van der Waals surface area contributed by atoms with Crippen molar-refractivity contribution in [2.45, 2.75) is 31.7 Å². The fourth-order valence-corrected chi connectivity index (χ4v) is 3.04. The standard InChI is InChI=1S/C18H18F3N3O3/c1-17(2)10-24(15-8-22-13(7-23-15)16(25)26)9-14(27-17)11-4-3-5-12(6-11)18(19,20)21/h3-8,14H,9-10H2,1-2H3,(H,25,26). The molecule has 27 heavy (non-hydrogen) atoms. The summed E-state index contributed by atoms with van der Waals surface area (Å²) in [5.74, 6) is -0.744. The molecule has 0 saturated carbocycles. The van der Waals surface area contributed by atoms with Crippen molar-refractivity contribution >= 4 is 11.8 Å². The first-order valence-corrected chi connectivity index (χ1v) is 8.20. The topological polar surface area (TPSA) is 75.6 Å². The van der Waals surface area contributed by atoms with Crippen LogP contribution >= 0.6 is 0 Å². The molecule has 144 valence electrons. The predicted molar refractivity (Wildman–Crippen MR) is 90.6 cm³/mol. The zero-order chi connectivity index (χ0) is 19.8. The smallest absolute Gasteiger partial charge is 0.416 e. The lowest BCUT2D eigenvalue weighted by atomic mass is 9.99. The first-order chi connectivity index (χ1) is 12.5. The summed E-state index contributed by atoms with van der Waals surface area (Å²) in [6.45, 7) is 4.37. The van der Waals surface area contributed by atoms with Crippen LogP contribution in [0.2, 0.25) is 0 Å². The molecule has 1 aromatic carbocycles. The van der Waals surface area contributed by atoms with Gasteiger partial charge in [0.1, 0.15) is 11.9 Å². The number of carboxylic acids is 1. The molecule has 3 rings (SSSR count). The van der Waals surface area contributed by atoms with E-state index in [9.17, 15) is 18.0 Å². The van der Waals surface area contributed by atoms with Crippen LogP contribution in [0, 0.1) is 0 Å². The van der Waals surface area contributed by atoms with Gasteiger partial charge in [0.05, 0.1) is 23.6 Å². The van der Waals surface area contributed by atoms with Crippen LogP contribution in [-0.4, -0.2) is 39.7 Å². The van der Waals surface area contributed by atoms with Crippen LogP contribution in [0.5, 0.6) is 0 Å². The fourth-order valence-electron chi connectivity index (χ4n) is 3.04. The maximum Gasteiger partial charge on any atom is 0.416 e. The lowest BCUT2D eigenvalue weighted by molar-refractivity contribution is -0.137. The molecule has 0 spiro atoms. The van der Waals surface area contributed by atoms with Crippen LogP contribution in [0.4, 0.5) is 19.0 Å². The van der Waals surface area contributed by atoms with E-state index in [0.717, 1.165) is 18.3 Å². The monoisotopic (exact) mass is 381 g/mol. The Morgan fingerprint density at radius 1 is 1.30 bits per heavy atom. The van der Waals surface area contributed by atoms with Gasteiger partial charge in [0.25, 0.3) is 0 Å². The van der Waals surface area contributed by atoms with Crippen LogP contribution < -0.4 is 4.90 Å². The zero-order valence-corrected chi connectivity index (χ0v) is 14.7. The van der Waals surface area contributed by atoms with E-state index in [1.807, 2.05) is 18.7 Å². The molecule has 1 unspecified atom stereocenters. The molecule has 0 bridgehead atoms. The van der Waals surface area contributed by atoms with E-state index in [0.29, 0.717) is 17.9 Å². The Hall–Kier alpha value is -2.68. The van der Waals surface area contributed by atoms with Gasteiger partial charge in [-0.15, -0.1) is 0 Å². The Morgan fingerprint density at radius 2 is 2.04 bits per heavy atom. The molecule has 1 aromatic heterocycles. The molecule has 0 radical (unpaired) electrons. The minimum atomic E-state index is -4.43. The Kier molecular flexibility index (Phi) is 4.81. The van der Waals surface area contributed by atoms with Gasteiger partial charge in [0.15, 0.2) is 5.69 Å². The van der Waals surface area contributed by atoms with Gasteiger partial charge in [-0.05, 0) is 31.5 Å². The average molecular weight is 381 g/mol. The summed E-state index contributed by atoms with van der Waals surface area (Å²) in [7, 11) is 0. The number of aromatic nitrogens is 2. The molecule has 1 saturated heterocycles. The fraction of sp³-hybridized carbons (Fsp3) is 0.389. The average Bonchev–Trinajstić information content (AvgIpc) is 2.60. The van der Waals surface area contributed by atoms with E-state index < -0.39 is 29.4 Å². The van der Waals surface area contributed by atoms with Gasteiger partial charge in [0.2, 0.25) is 0 Å². The zero-order valence-electron chi connectivity index (χ0n) is 14.7. The van der Waals surface area contributed by atoms with Crippen molar-refractivity contribution in [3.8, 4) is 0 Å². The Balaban J connectivity index is 1.88. The van der Waals surface area contributed by atoms with E-state index in [1.165, 1.54) is 12.3 Å². The van der Waals surface area contributed by atoms with Gasteiger partial charge in [-0.25, -0.2) is 14.8 Å². The normalized spacial score (nSPS) is 19.7. The number of anilines is 1. The molecule has 0 amide bonds. The Morgan fingerprint density at radius 3 is 2.63 bits per heavy atom.